The van der Waals surface area contributed by atoms with Crippen LogP contribution < -0.4 is 0 Å². The molecule has 0 amide bonds. The molecule has 0 aromatic heterocycles. The van der Waals surface area contributed by atoms with E-state index in [1.165, 1.54) is 4.31 Å². The van der Waals surface area contributed by atoms with Crippen LogP contribution in [-0.2, 0) is 15.9 Å². The van der Waals surface area contributed by atoms with Gasteiger partial charge in [-0.1, -0.05) is 12.8 Å². The van der Waals surface area contributed by atoms with Crippen molar-refractivity contribution in [2.75, 3.05) is 13.1 Å². The average molecular weight is 324 g/mol. The van der Waals surface area contributed by atoms with E-state index in [0.29, 0.717) is 13.1 Å². The highest BCUT2D eigenvalue weighted by atomic mass is 35.5. The molecule has 20 heavy (non-hydrogen) atoms. The summed E-state index contributed by atoms with van der Waals surface area (Å²) in [5.41, 5.74) is -0.400. The first kappa shape index (κ1) is 15.7. The largest absolute Gasteiger partial charge is 0.245 e. The van der Waals surface area contributed by atoms with E-state index >= 15 is 0 Å². The SMILES string of the molecule is O=S(=O)(c1ccc(F)c(CCl)c1F)N1CCCCCC1. The van der Waals surface area contributed by atoms with Crippen LogP contribution in [-0.4, -0.2) is 25.8 Å². The zero-order valence-electron chi connectivity index (χ0n) is 10.9. The van der Waals surface area contributed by atoms with Gasteiger partial charge in [0.1, 0.15) is 10.7 Å². The summed E-state index contributed by atoms with van der Waals surface area (Å²) >= 11 is 5.48. The minimum absolute atomic E-state index is 0.370. The summed E-state index contributed by atoms with van der Waals surface area (Å²) in [6.07, 6.45) is 3.44. The Labute approximate surface area is 122 Å². The number of benzene rings is 1. The molecule has 0 unspecified atom stereocenters. The van der Waals surface area contributed by atoms with Crippen LogP contribution in [0.5, 0.6) is 0 Å². The van der Waals surface area contributed by atoms with Crippen molar-refractivity contribution in [1.29, 1.82) is 0 Å². The van der Waals surface area contributed by atoms with Crippen molar-refractivity contribution in [1.82, 2.24) is 4.31 Å². The third-order valence-corrected chi connectivity index (χ3v) is 5.65. The minimum Gasteiger partial charge on any atom is -0.207 e. The highest BCUT2D eigenvalue weighted by Gasteiger charge is 2.29. The van der Waals surface area contributed by atoms with Gasteiger partial charge in [0.25, 0.3) is 0 Å². The lowest BCUT2D eigenvalue weighted by Crippen LogP contribution is -2.32. The second-order valence-corrected chi connectivity index (χ2v) is 6.96. The highest BCUT2D eigenvalue weighted by molar-refractivity contribution is 7.89. The number of halogens is 3. The predicted molar refractivity (Wildman–Crippen MR) is 73.1 cm³/mol. The molecule has 0 N–H and O–H groups in total. The second kappa shape index (κ2) is 6.37. The zero-order valence-corrected chi connectivity index (χ0v) is 12.5. The number of hydrogen-bond acceptors (Lipinski definition) is 2. The molecule has 1 saturated heterocycles. The minimum atomic E-state index is -3.93. The first-order valence-electron chi connectivity index (χ1n) is 6.51. The molecule has 3 nitrogen and oxygen atoms in total. The van der Waals surface area contributed by atoms with Gasteiger partial charge in [-0.15, -0.1) is 11.6 Å². The number of nitrogens with zero attached hydrogens (tertiary/aromatic N) is 1. The Morgan fingerprint density at radius 3 is 2.25 bits per heavy atom. The van der Waals surface area contributed by atoms with Crippen LogP contribution in [0, 0.1) is 11.6 Å². The summed E-state index contributed by atoms with van der Waals surface area (Å²) < 4.78 is 53.7. The molecule has 2 rings (SSSR count). The van der Waals surface area contributed by atoms with Crippen molar-refractivity contribution in [3.05, 3.63) is 29.3 Å². The standard InChI is InChI=1S/C13H16ClF2NO2S/c14-9-10-11(15)5-6-12(13(10)16)20(18,19)17-7-3-1-2-4-8-17/h5-6H,1-4,7-9H2. The Kier molecular flexibility index (Phi) is 4.99. The first-order valence-corrected chi connectivity index (χ1v) is 8.49. The molecule has 1 aliphatic rings. The van der Waals surface area contributed by atoms with Gasteiger partial charge in [-0.2, -0.15) is 4.31 Å². The van der Waals surface area contributed by atoms with E-state index in [-0.39, 0.29) is 0 Å². The monoisotopic (exact) mass is 323 g/mol. The highest BCUT2D eigenvalue weighted by Crippen LogP contribution is 2.26. The van der Waals surface area contributed by atoms with Crippen molar-refractivity contribution >= 4 is 21.6 Å². The quantitative estimate of drug-likeness (QED) is 0.801. The van der Waals surface area contributed by atoms with Gasteiger partial charge in [0.15, 0.2) is 5.82 Å². The Morgan fingerprint density at radius 1 is 1.10 bits per heavy atom. The van der Waals surface area contributed by atoms with Gasteiger partial charge in [0.2, 0.25) is 10.0 Å². The smallest absolute Gasteiger partial charge is 0.207 e. The lowest BCUT2D eigenvalue weighted by Gasteiger charge is -2.20. The van der Waals surface area contributed by atoms with Gasteiger partial charge in [-0.25, -0.2) is 17.2 Å². The van der Waals surface area contributed by atoms with Crippen LogP contribution in [0.4, 0.5) is 8.78 Å². The average Bonchev–Trinajstić information content (AvgIpc) is 2.68. The molecule has 7 heteroatoms. The molecule has 0 aliphatic carbocycles. The molecule has 112 valence electrons. The van der Waals surface area contributed by atoms with E-state index in [9.17, 15) is 17.2 Å². The normalized spacial score (nSPS) is 17.9. The number of hydrogen-bond donors (Lipinski definition) is 0. The van der Waals surface area contributed by atoms with Crippen LogP contribution in [0.3, 0.4) is 0 Å². The van der Waals surface area contributed by atoms with Crippen molar-refractivity contribution in [3.8, 4) is 0 Å². The van der Waals surface area contributed by atoms with Crippen LogP contribution in [0.1, 0.15) is 31.2 Å². The molecular weight excluding hydrogens is 308 g/mol. The van der Waals surface area contributed by atoms with Crippen molar-refractivity contribution in [3.63, 3.8) is 0 Å². The predicted octanol–water partition coefficient (Wildman–Crippen LogP) is 3.27. The number of alkyl halides is 1. The zero-order chi connectivity index (χ0) is 14.8. The Balaban J connectivity index is 2.43. The van der Waals surface area contributed by atoms with E-state index in [2.05, 4.69) is 0 Å². The lowest BCUT2D eigenvalue weighted by molar-refractivity contribution is 0.418. The van der Waals surface area contributed by atoms with Gasteiger partial charge in [-0.05, 0) is 25.0 Å². The van der Waals surface area contributed by atoms with Gasteiger partial charge in [-0.3, -0.25) is 0 Å². The third-order valence-electron chi connectivity index (χ3n) is 3.47. The fraction of sp³-hybridized carbons (Fsp3) is 0.538. The van der Waals surface area contributed by atoms with Crippen molar-refractivity contribution in [2.24, 2.45) is 0 Å². The molecular formula is C13H16ClF2NO2S. The lowest BCUT2D eigenvalue weighted by atomic mass is 10.2. The fourth-order valence-corrected chi connectivity index (χ4v) is 4.17. The molecule has 1 aromatic carbocycles. The molecule has 1 heterocycles. The Bertz CT molecular complexity index is 584. The Hall–Kier alpha value is -0.720. The summed E-state index contributed by atoms with van der Waals surface area (Å²) in [5, 5.41) is 0. The molecule has 0 radical (unpaired) electrons. The Morgan fingerprint density at radius 2 is 1.70 bits per heavy atom. The summed E-state index contributed by atoms with van der Waals surface area (Å²) in [4.78, 5) is -0.489. The van der Waals surface area contributed by atoms with E-state index in [1.807, 2.05) is 0 Å². The van der Waals surface area contributed by atoms with Crippen LogP contribution in [0.25, 0.3) is 0 Å². The molecule has 0 bridgehead atoms. The van der Waals surface area contributed by atoms with E-state index < -0.39 is 38.0 Å². The maximum atomic E-state index is 14.2. The maximum Gasteiger partial charge on any atom is 0.245 e. The first-order chi connectivity index (χ1) is 9.48. The fourth-order valence-electron chi connectivity index (χ4n) is 2.32. The van der Waals surface area contributed by atoms with E-state index in [4.69, 9.17) is 11.6 Å². The summed E-state index contributed by atoms with van der Waals surface area (Å²) in [5.74, 6) is -2.31. The molecule has 1 aliphatic heterocycles. The number of rotatable bonds is 3. The maximum absolute atomic E-state index is 14.2. The van der Waals surface area contributed by atoms with Crippen molar-refractivity contribution < 1.29 is 17.2 Å². The molecule has 0 atom stereocenters. The van der Waals surface area contributed by atoms with E-state index in [1.54, 1.807) is 0 Å². The summed E-state index contributed by atoms with van der Waals surface area (Å²) in [7, 11) is -3.93. The summed E-state index contributed by atoms with van der Waals surface area (Å²) in [6, 6.07) is 1.92. The molecule has 1 fully saturated rings. The molecule has 0 saturated carbocycles. The van der Waals surface area contributed by atoms with Gasteiger partial charge < -0.3 is 0 Å². The molecule has 1 aromatic rings. The number of sulfonamides is 1. The van der Waals surface area contributed by atoms with Crippen LogP contribution >= 0.6 is 11.6 Å². The summed E-state index contributed by atoms with van der Waals surface area (Å²) in [6.45, 7) is 0.741. The molecule has 0 spiro atoms. The van der Waals surface area contributed by atoms with Gasteiger partial charge in [0.05, 0.1) is 5.88 Å². The van der Waals surface area contributed by atoms with Crippen molar-refractivity contribution in [2.45, 2.75) is 36.5 Å². The third kappa shape index (κ3) is 2.97. The van der Waals surface area contributed by atoms with Gasteiger partial charge >= 0.3 is 0 Å². The second-order valence-electron chi connectivity index (χ2n) is 4.79. The topological polar surface area (TPSA) is 37.4 Å². The van der Waals surface area contributed by atoms with Crippen LogP contribution in [0.2, 0.25) is 0 Å². The van der Waals surface area contributed by atoms with Crippen LogP contribution in [0.15, 0.2) is 17.0 Å². The van der Waals surface area contributed by atoms with Gasteiger partial charge in [0, 0.05) is 18.7 Å². The van der Waals surface area contributed by atoms with E-state index in [0.717, 1.165) is 37.8 Å².